The highest BCUT2D eigenvalue weighted by Gasteiger charge is 2.68. The van der Waals surface area contributed by atoms with Gasteiger partial charge in [0.15, 0.2) is 15.5 Å². The Kier molecular flexibility index (Phi) is 15.7. The van der Waals surface area contributed by atoms with Gasteiger partial charge in [0.2, 0.25) is 21.8 Å². The predicted octanol–water partition coefficient (Wildman–Crippen LogP) is 8.98. The quantitative estimate of drug-likeness (QED) is 0.0379. The van der Waals surface area contributed by atoms with Crippen molar-refractivity contribution in [2.24, 2.45) is 11.3 Å². The van der Waals surface area contributed by atoms with Crippen molar-refractivity contribution in [1.82, 2.24) is 34.6 Å². The van der Waals surface area contributed by atoms with Crippen LogP contribution in [0.1, 0.15) is 91.2 Å². The zero-order valence-corrected chi connectivity index (χ0v) is 45.9. The molecule has 8 rings (SSSR count). The molecule has 0 bridgehead atoms. The fourth-order valence-corrected chi connectivity index (χ4v) is 11.5. The highest BCUT2D eigenvalue weighted by molar-refractivity contribution is 7.92. The van der Waals surface area contributed by atoms with E-state index in [4.69, 9.17) is 16.1 Å². The van der Waals surface area contributed by atoms with Crippen LogP contribution in [-0.4, -0.2) is 80.2 Å². The Hall–Kier alpha value is -6.57. The number of phosphoric acid groups is 1. The fourth-order valence-electron chi connectivity index (χ4n) is 9.37. The van der Waals surface area contributed by atoms with E-state index in [-0.39, 0.29) is 51.2 Å². The van der Waals surface area contributed by atoms with Crippen LogP contribution in [0, 0.1) is 34.8 Å². The average Bonchev–Trinajstić information content (AvgIpc) is 4.09. The molecule has 0 saturated heterocycles. The minimum absolute atomic E-state index is 0.0626. The van der Waals surface area contributed by atoms with E-state index in [1.807, 2.05) is 4.72 Å². The smallest absolute Gasteiger partial charge is 0.404 e. The molecule has 0 unspecified atom stereocenters. The number of amides is 2. The second-order valence-corrected chi connectivity index (χ2v) is 26.4. The molecule has 0 radical (unpaired) electrons. The molecule has 1 saturated carbocycles. The lowest BCUT2D eigenvalue weighted by molar-refractivity contribution is -0.143. The van der Waals surface area contributed by atoms with Crippen LogP contribution in [0.5, 0.6) is 5.75 Å². The van der Waals surface area contributed by atoms with Crippen LogP contribution in [0.3, 0.4) is 0 Å². The molecule has 2 amide bonds. The first-order chi connectivity index (χ1) is 37.1. The minimum atomic E-state index is -5.24. The summed E-state index contributed by atoms with van der Waals surface area (Å²) in [6, 6.07) is 10.1. The van der Waals surface area contributed by atoms with Gasteiger partial charge in [0.1, 0.15) is 52.4 Å². The van der Waals surface area contributed by atoms with Crippen molar-refractivity contribution in [1.29, 1.82) is 0 Å². The second kappa shape index (κ2) is 21.0. The van der Waals surface area contributed by atoms with E-state index in [9.17, 15) is 75.9 Å². The summed E-state index contributed by atoms with van der Waals surface area (Å²) in [5, 5.41) is 8.92. The maximum atomic E-state index is 15.7. The largest absolute Gasteiger partial charge is 0.524 e. The molecule has 2 aliphatic rings. The van der Waals surface area contributed by atoms with Gasteiger partial charge in [0, 0.05) is 45.7 Å². The van der Waals surface area contributed by atoms with Crippen LogP contribution in [0.25, 0.3) is 22.0 Å². The molecule has 81 heavy (non-hydrogen) atoms. The lowest BCUT2D eigenvalue weighted by atomic mass is 9.85. The van der Waals surface area contributed by atoms with Gasteiger partial charge in [-0.15, -0.1) is 0 Å². The number of benzene rings is 3. The van der Waals surface area contributed by atoms with Gasteiger partial charge < -0.3 is 9.84 Å². The van der Waals surface area contributed by atoms with E-state index in [0.29, 0.717) is 10.7 Å². The topological polar surface area (TPSA) is 242 Å². The molecule has 31 heteroatoms. The van der Waals surface area contributed by atoms with Crippen molar-refractivity contribution >= 4 is 62.0 Å². The molecule has 0 spiro atoms. The Morgan fingerprint density at radius 2 is 1.57 bits per heavy atom. The third-order valence-electron chi connectivity index (χ3n) is 13.4. The van der Waals surface area contributed by atoms with Gasteiger partial charge in [-0.3, -0.25) is 33.5 Å². The number of sulfone groups is 1. The molecular formula is C50H45ClF10N7O10PS2. The molecule has 6 aromatic rings. The van der Waals surface area contributed by atoms with Crippen molar-refractivity contribution in [2.75, 3.05) is 6.26 Å². The number of pyridine rings is 1. The number of sulfonamides is 1. The highest BCUT2D eigenvalue weighted by Crippen LogP contribution is 2.68. The van der Waals surface area contributed by atoms with Gasteiger partial charge in [-0.1, -0.05) is 55.6 Å². The van der Waals surface area contributed by atoms with Gasteiger partial charge in [-0.25, -0.2) is 35.2 Å². The summed E-state index contributed by atoms with van der Waals surface area (Å²) in [5.41, 5.74) is -8.18. The Bertz CT molecular complexity index is 3890. The van der Waals surface area contributed by atoms with Crippen molar-refractivity contribution in [3.05, 3.63) is 129 Å². The molecule has 0 aliphatic heterocycles. The molecule has 3 atom stereocenters. The maximum absolute atomic E-state index is 15.7. The van der Waals surface area contributed by atoms with Crippen LogP contribution in [0.15, 0.2) is 66.7 Å². The number of para-hydroxylation sites is 1. The number of aromatic nitrogens is 5. The third-order valence-corrected chi connectivity index (χ3v) is 17.3. The van der Waals surface area contributed by atoms with Crippen molar-refractivity contribution in [3.8, 4) is 28.7 Å². The number of hydrogen-bond acceptors (Lipinski definition) is 11. The first kappa shape index (κ1) is 60.5. The standard InChI is InChI=1S/C50H45ClF10N7O10PS2/c1-46(2,21-26-8-6-7-9-37(26)78-79(71,72)73)45(70)66-81(76,77)23-36-40-34(51)13-12-31(42(40)68(64-36)24-48(54,55)56)30-11-10-29(14-15-47(3,4)80(5,74)75)62-41(30)35(18-25-16-27(52)19-28(53)17-25)63-38(69)22-67-44-39(43(65-67)50(59,60)61)32-20-33(32)49(44,57)58/h6-13,16-17,19,32-33,35H,18,20-24H2,1-5H3,(H,63,69)(H,66,70)(H2,71,72,73)/t32-,33+,35-/m0/s1. The lowest BCUT2D eigenvalue weighted by Gasteiger charge is -2.24. The van der Waals surface area contributed by atoms with Crippen LogP contribution < -0.4 is 14.6 Å². The molecule has 2 aliphatic carbocycles. The molecule has 1 fully saturated rings. The molecular weight excluding hydrogens is 1180 g/mol. The summed E-state index contributed by atoms with van der Waals surface area (Å²) >= 11 is 6.67. The number of phosphoric ester groups is 1. The molecule has 3 aromatic heterocycles. The van der Waals surface area contributed by atoms with Crippen molar-refractivity contribution in [2.45, 2.75) is 101 Å². The van der Waals surface area contributed by atoms with E-state index < -0.39 is 167 Å². The van der Waals surface area contributed by atoms with E-state index in [1.54, 1.807) is 0 Å². The third kappa shape index (κ3) is 13.2. The molecule has 3 aromatic carbocycles. The number of nitrogens with zero attached hydrogens (tertiary/aromatic N) is 5. The van der Waals surface area contributed by atoms with E-state index in [2.05, 4.69) is 32.3 Å². The van der Waals surface area contributed by atoms with Crippen LogP contribution in [-0.2, 0) is 77.8 Å². The number of rotatable bonds is 17. The number of alkyl halides is 8. The van der Waals surface area contributed by atoms with Gasteiger partial charge in [0.05, 0.1) is 28.0 Å². The second-order valence-electron chi connectivity index (χ2n) is 20.6. The number of hydrogen-bond donors (Lipinski definition) is 4. The normalized spacial score (nSPS) is 16.8. The van der Waals surface area contributed by atoms with Crippen LogP contribution >= 0.6 is 19.4 Å². The summed E-state index contributed by atoms with van der Waals surface area (Å²) in [6.45, 7) is 1.73. The molecule has 4 N–H and O–H groups in total. The number of carbonyl (C=O) groups is 2. The predicted molar refractivity (Wildman–Crippen MR) is 270 cm³/mol. The average molecular weight is 1220 g/mol. The summed E-state index contributed by atoms with van der Waals surface area (Å²) in [6.07, 6.45) is -10.9. The SMILES string of the molecule is CC(C)(Cc1ccccc1OP(=O)(O)O)C(=O)NS(=O)(=O)Cc1nn(CC(F)(F)F)c2c(-c3ccc(C#CC(C)(C)S(C)(=O)=O)nc3[C@H](Cc3cc(F)cc(F)c3)NC(=O)Cn3nc(C(F)(F)F)c4c3C(F)(F)[C@@H]3C[C@H]43)ccc(Cl)c12. The monoisotopic (exact) mass is 1220 g/mol. The summed E-state index contributed by atoms with van der Waals surface area (Å²) in [7, 11) is -14.0. The highest BCUT2D eigenvalue weighted by atomic mass is 35.5. The van der Waals surface area contributed by atoms with E-state index in [1.165, 1.54) is 52.0 Å². The summed E-state index contributed by atoms with van der Waals surface area (Å²) in [4.78, 5) is 51.3. The first-order valence-electron chi connectivity index (χ1n) is 23.8. The van der Waals surface area contributed by atoms with Crippen molar-refractivity contribution in [3.63, 3.8) is 0 Å². The Morgan fingerprint density at radius 1 is 0.926 bits per heavy atom. The lowest BCUT2D eigenvalue weighted by Crippen LogP contribution is -2.42. The first-order valence-corrected chi connectivity index (χ1v) is 29.3. The molecule has 434 valence electrons. The molecule has 3 heterocycles. The zero-order valence-electron chi connectivity index (χ0n) is 42.6. The number of nitrogens with one attached hydrogen (secondary N) is 2. The summed E-state index contributed by atoms with van der Waals surface area (Å²) in [5.74, 6) is -8.02. The molecule has 17 nitrogen and oxygen atoms in total. The Balaban J connectivity index is 1.26. The van der Waals surface area contributed by atoms with Crippen LogP contribution in [0.4, 0.5) is 43.9 Å². The zero-order chi connectivity index (χ0) is 60.0. The van der Waals surface area contributed by atoms with Gasteiger partial charge >= 0.3 is 20.2 Å². The van der Waals surface area contributed by atoms with Crippen LogP contribution in [0.2, 0.25) is 5.02 Å². The van der Waals surface area contributed by atoms with Crippen molar-refractivity contribution < 1.29 is 89.2 Å². The van der Waals surface area contributed by atoms with Gasteiger partial charge in [-0.05, 0) is 92.5 Å². The van der Waals surface area contributed by atoms with E-state index in [0.717, 1.165) is 42.7 Å². The minimum Gasteiger partial charge on any atom is -0.404 e. The summed E-state index contributed by atoms with van der Waals surface area (Å²) < 4.78 is 218. The van der Waals surface area contributed by atoms with Gasteiger partial charge in [-0.2, -0.15) is 45.3 Å². The van der Waals surface area contributed by atoms with E-state index >= 15 is 8.78 Å². The fraction of sp³-hybridized carbons (Fsp3) is 0.380. The number of carbonyl (C=O) groups excluding carboxylic acids is 2. The number of halogens is 11. The Morgan fingerprint density at radius 3 is 2.19 bits per heavy atom. The number of fused-ring (bicyclic) bond motifs is 4. The maximum Gasteiger partial charge on any atom is 0.524 e. The Labute approximate surface area is 459 Å². The van der Waals surface area contributed by atoms with Gasteiger partial charge in [0.25, 0.3) is 5.92 Å².